The summed E-state index contributed by atoms with van der Waals surface area (Å²) >= 11 is 1.49. The maximum Gasteiger partial charge on any atom is 0.241 e. The minimum atomic E-state index is -3.91. The van der Waals surface area contributed by atoms with Crippen molar-refractivity contribution in [3.05, 3.63) is 77.4 Å². The number of thiophene rings is 1. The number of hydrogen-bond acceptors (Lipinski definition) is 7. The van der Waals surface area contributed by atoms with E-state index in [1.165, 1.54) is 23.5 Å². The van der Waals surface area contributed by atoms with E-state index in [-0.39, 0.29) is 4.90 Å². The Labute approximate surface area is 196 Å². The van der Waals surface area contributed by atoms with Gasteiger partial charge >= 0.3 is 0 Å². The molecule has 0 unspecified atom stereocenters. The van der Waals surface area contributed by atoms with Crippen LogP contribution in [-0.4, -0.2) is 33.7 Å². The summed E-state index contributed by atoms with van der Waals surface area (Å²) in [7, 11) is -2.34. The number of pyridine rings is 1. The summed E-state index contributed by atoms with van der Waals surface area (Å²) in [5.41, 5.74) is 0.720. The highest BCUT2D eigenvalue weighted by molar-refractivity contribution is 7.89. The zero-order valence-corrected chi connectivity index (χ0v) is 19.5. The van der Waals surface area contributed by atoms with E-state index in [4.69, 9.17) is 14.2 Å². The van der Waals surface area contributed by atoms with Gasteiger partial charge in [-0.05, 0) is 35.7 Å². The molecule has 2 aromatic carbocycles. The number of nitrogens with one attached hydrogen (secondary N) is 1. The van der Waals surface area contributed by atoms with Crippen LogP contribution in [0.25, 0.3) is 10.1 Å². The molecule has 0 bridgehead atoms. The minimum Gasteiger partial charge on any atom is -0.496 e. The first kappa shape index (κ1) is 21.7. The highest BCUT2D eigenvalue weighted by atomic mass is 32.2. The molecular weight excluding hydrogens is 460 g/mol. The van der Waals surface area contributed by atoms with Crippen molar-refractivity contribution in [1.82, 2.24) is 9.71 Å². The van der Waals surface area contributed by atoms with Gasteiger partial charge in [-0.3, -0.25) is 4.98 Å². The average molecular weight is 483 g/mol. The number of para-hydroxylation sites is 1. The fourth-order valence-electron chi connectivity index (χ4n) is 3.76. The first-order valence-corrected chi connectivity index (χ1v) is 12.7. The monoisotopic (exact) mass is 482 g/mol. The van der Waals surface area contributed by atoms with E-state index in [2.05, 4.69) is 9.71 Å². The highest BCUT2D eigenvalue weighted by Gasteiger charge is 2.28. The zero-order valence-electron chi connectivity index (χ0n) is 17.9. The summed E-state index contributed by atoms with van der Waals surface area (Å²) in [6, 6.07) is 15.3. The Hall–Kier alpha value is -3.14. The Morgan fingerprint density at radius 2 is 1.88 bits per heavy atom. The second-order valence-electron chi connectivity index (χ2n) is 7.52. The molecule has 170 valence electrons. The van der Waals surface area contributed by atoms with Crippen LogP contribution < -0.4 is 18.9 Å². The number of sulfonamides is 1. The lowest BCUT2D eigenvalue weighted by atomic mass is 10.0. The van der Waals surface area contributed by atoms with Crippen molar-refractivity contribution in [3.8, 4) is 17.2 Å². The third-order valence-corrected chi connectivity index (χ3v) is 7.95. The predicted molar refractivity (Wildman–Crippen MR) is 127 cm³/mol. The van der Waals surface area contributed by atoms with Crippen molar-refractivity contribution in [2.45, 2.75) is 17.4 Å². The molecule has 0 saturated heterocycles. The molecule has 4 aromatic rings. The lowest BCUT2D eigenvalue weighted by Gasteiger charge is -2.21. The molecule has 1 aliphatic heterocycles. The Bertz CT molecular complexity index is 1370. The van der Waals surface area contributed by atoms with Gasteiger partial charge in [0.1, 0.15) is 5.75 Å². The van der Waals surface area contributed by atoms with Crippen molar-refractivity contribution in [1.29, 1.82) is 0 Å². The molecule has 0 aliphatic carbocycles. The quantitative estimate of drug-likeness (QED) is 0.434. The van der Waals surface area contributed by atoms with Gasteiger partial charge in [0.05, 0.1) is 36.0 Å². The van der Waals surface area contributed by atoms with E-state index in [9.17, 15) is 8.42 Å². The number of aromatic nitrogens is 1. The van der Waals surface area contributed by atoms with Gasteiger partial charge in [-0.1, -0.05) is 18.2 Å². The molecule has 0 fully saturated rings. The summed E-state index contributed by atoms with van der Waals surface area (Å²) in [5, 5.41) is 1.000. The third-order valence-electron chi connectivity index (χ3n) is 5.38. The number of methoxy groups -OCH3 is 1. The van der Waals surface area contributed by atoms with Gasteiger partial charge in [-0.15, -0.1) is 11.3 Å². The number of nitrogens with zero attached hydrogens (tertiary/aromatic N) is 1. The summed E-state index contributed by atoms with van der Waals surface area (Å²) in [5.74, 6) is 1.57. The highest BCUT2D eigenvalue weighted by Crippen LogP contribution is 2.38. The standard InChI is InChI=1S/C24H22N2O5S2/c1-29-19-6-3-2-5-18(19)24(22-13-16-9-10-25-15-23(16)32-22)26-33(27,28)17-7-8-20-21(14-17)31-12-4-11-30-20/h2-3,5-10,13-15,24,26H,4,11-12H2,1H3/t24-/m0/s1. The minimum absolute atomic E-state index is 0.106. The topological polar surface area (TPSA) is 86.8 Å². The first-order chi connectivity index (χ1) is 16.0. The van der Waals surface area contributed by atoms with E-state index >= 15 is 0 Å². The molecule has 9 heteroatoms. The number of hydrogen-bond donors (Lipinski definition) is 1. The SMILES string of the molecule is COc1ccccc1[C@H](NS(=O)(=O)c1ccc2c(c1)OCCCO2)c1cc2ccncc2s1. The van der Waals surface area contributed by atoms with Crippen LogP contribution in [0, 0.1) is 0 Å². The van der Waals surface area contributed by atoms with Crippen LogP contribution >= 0.6 is 11.3 Å². The zero-order chi connectivity index (χ0) is 22.8. The molecule has 1 aliphatic rings. The summed E-state index contributed by atoms with van der Waals surface area (Å²) in [6.07, 6.45) is 4.24. The van der Waals surface area contributed by atoms with Crippen LogP contribution in [0.1, 0.15) is 22.9 Å². The summed E-state index contributed by atoms with van der Waals surface area (Å²) < 4.78 is 47.8. The molecular formula is C24H22N2O5S2. The van der Waals surface area contributed by atoms with E-state index in [0.717, 1.165) is 26.9 Å². The molecule has 7 nitrogen and oxygen atoms in total. The molecule has 5 rings (SSSR count). The van der Waals surface area contributed by atoms with Gasteiger partial charge in [0.2, 0.25) is 10.0 Å². The van der Waals surface area contributed by atoms with E-state index in [0.29, 0.717) is 30.5 Å². The number of fused-ring (bicyclic) bond motifs is 2. The van der Waals surface area contributed by atoms with Gasteiger partial charge in [-0.25, -0.2) is 8.42 Å². The van der Waals surface area contributed by atoms with Gasteiger partial charge in [0.25, 0.3) is 0 Å². The second-order valence-corrected chi connectivity index (χ2v) is 10.3. The molecule has 33 heavy (non-hydrogen) atoms. The summed E-state index contributed by atoms with van der Waals surface area (Å²) in [4.78, 5) is 5.12. The van der Waals surface area contributed by atoms with E-state index in [1.54, 1.807) is 25.6 Å². The van der Waals surface area contributed by atoms with Gasteiger partial charge in [-0.2, -0.15) is 4.72 Å². The van der Waals surface area contributed by atoms with Crippen LogP contribution in [0.15, 0.2) is 71.9 Å². The Morgan fingerprint density at radius 3 is 2.70 bits per heavy atom. The second kappa shape index (κ2) is 9.01. The van der Waals surface area contributed by atoms with Crippen LogP contribution in [0.2, 0.25) is 0 Å². The fraction of sp³-hybridized carbons (Fsp3) is 0.208. The Balaban J connectivity index is 1.57. The van der Waals surface area contributed by atoms with Crippen LogP contribution in [-0.2, 0) is 10.0 Å². The molecule has 1 atom stereocenters. The van der Waals surface area contributed by atoms with Crippen molar-refractivity contribution in [2.24, 2.45) is 0 Å². The van der Waals surface area contributed by atoms with Crippen LogP contribution in [0.3, 0.4) is 0 Å². The molecule has 2 aromatic heterocycles. The number of ether oxygens (including phenoxy) is 3. The molecule has 3 heterocycles. The lowest BCUT2D eigenvalue weighted by molar-refractivity contribution is 0.297. The normalized spacial score (nSPS) is 14.6. The molecule has 0 spiro atoms. The van der Waals surface area contributed by atoms with Crippen molar-refractivity contribution < 1.29 is 22.6 Å². The van der Waals surface area contributed by atoms with Crippen molar-refractivity contribution in [2.75, 3.05) is 20.3 Å². The van der Waals surface area contributed by atoms with Crippen LogP contribution in [0.5, 0.6) is 17.2 Å². The van der Waals surface area contributed by atoms with Gasteiger partial charge < -0.3 is 14.2 Å². The Kier molecular flexibility index (Phi) is 5.92. The summed E-state index contributed by atoms with van der Waals surface area (Å²) in [6.45, 7) is 1.01. The number of benzene rings is 2. The molecule has 0 saturated carbocycles. The maximum atomic E-state index is 13.5. The van der Waals surface area contributed by atoms with E-state index in [1.807, 2.05) is 36.4 Å². The van der Waals surface area contributed by atoms with Crippen LogP contribution in [0.4, 0.5) is 0 Å². The molecule has 0 amide bonds. The predicted octanol–water partition coefficient (Wildman–Crippen LogP) is 4.53. The molecule has 0 radical (unpaired) electrons. The number of rotatable bonds is 6. The first-order valence-electron chi connectivity index (χ1n) is 10.4. The average Bonchev–Trinajstić information content (AvgIpc) is 3.12. The lowest BCUT2D eigenvalue weighted by Crippen LogP contribution is -2.29. The van der Waals surface area contributed by atoms with E-state index < -0.39 is 16.1 Å². The fourth-order valence-corrected chi connectivity index (χ4v) is 6.15. The largest absolute Gasteiger partial charge is 0.496 e. The third kappa shape index (κ3) is 4.39. The smallest absolute Gasteiger partial charge is 0.241 e. The van der Waals surface area contributed by atoms with Gasteiger partial charge in [0, 0.05) is 35.3 Å². The Morgan fingerprint density at radius 1 is 1.06 bits per heavy atom. The van der Waals surface area contributed by atoms with Gasteiger partial charge in [0.15, 0.2) is 11.5 Å². The molecule has 1 N–H and O–H groups in total. The maximum absolute atomic E-state index is 13.5. The van der Waals surface area contributed by atoms with Crippen molar-refractivity contribution >= 4 is 31.4 Å². The van der Waals surface area contributed by atoms with Crippen molar-refractivity contribution in [3.63, 3.8) is 0 Å².